The van der Waals surface area contributed by atoms with Crippen molar-refractivity contribution in [1.82, 2.24) is 14.9 Å². The third-order valence-corrected chi connectivity index (χ3v) is 5.31. The molecule has 1 aromatic heterocycles. The summed E-state index contributed by atoms with van der Waals surface area (Å²) in [4.78, 5) is 34.6. The number of hydrogen-bond donors (Lipinski definition) is 2. The van der Waals surface area contributed by atoms with Crippen molar-refractivity contribution in [2.75, 3.05) is 18.5 Å². The molecule has 0 spiro atoms. The molecular formula is C24H26N4O3. The quantitative estimate of drug-likeness (QED) is 0.662. The van der Waals surface area contributed by atoms with Crippen molar-refractivity contribution < 1.29 is 9.53 Å². The van der Waals surface area contributed by atoms with E-state index in [1.807, 2.05) is 50.2 Å². The summed E-state index contributed by atoms with van der Waals surface area (Å²) in [6.45, 7) is 5.31. The number of rotatable bonds is 5. The van der Waals surface area contributed by atoms with Crippen LogP contribution in [0.2, 0.25) is 0 Å². The van der Waals surface area contributed by atoms with E-state index >= 15 is 0 Å². The lowest BCUT2D eigenvalue weighted by atomic mass is 10.1. The van der Waals surface area contributed by atoms with Gasteiger partial charge >= 0.3 is 6.03 Å². The van der Waals surface area contributed by atoms with Gasteiger partial charge in [0, 0.05) is 25.1 Å². The van der Waals surface area contributed by atoms with Gasteiger partial charge in [-0.05, 0) is 43.7 Å². The number of carbonyl (C=O) groups is 1. The number of fused-ring (bicyclic) bond motifs is 1. The highest BCUT2D eigenvalue weighted by molar-refractivity contribution is 5.89. The van der Waals surface area contributed by atoms with E-state index in [9.17, 15) is 9.59 Å². The Balaban J connectivity index is 1.43. The van der Waals surface area contributed by atoms with E-state index in [1.165, 1.54) is 5.56 Å². The Labute approximate surface area is 181 Å². The monoisotopic (exact) mass is 418 g/mol. The van der Waals surface area contributed by atoms with Crippen LogP contribution < -0.4 is 15.6 Å². The molecular weight excluding hydrogens is 392 g/mol. The summed E-state index contributed by atoms with van der Waals surface area (Å²) in [5.41, 5.74) is 4.13. The predicted octanol–water partition coefficient (Wildman–Crippen LogP) is 3.66. The standard InChI is InChI=1S/C24H26N4O3/c1-3-31-19-10-8-18(9-11-19)25-24(30)28-13-12-21-20(15-28)23(29)27-22(26-21)14-17-6-4-16(2)5-7-17/h4-11H,3,12-15H2,1-2H3,(H,25,30)(H,26,27,29). The topological polar surface area (TPSA) is 87.3 Å². The van der Waals surface area contributed by atoms with E-state index in [0.717, 1.165) is 17.0 Å². The molecule has 0 fully saturated rings. The minimum Gasteiger partial charge on any atom is -0.494 e. The highest BCUT2D eigenvalue weighted by atomic mass is 16.5. The molecule has 7 heteroatoms. The second-order valence-corrected chi connectivity index (χ2v) is 7.66. The molecule has 0 unspecified atom stereocenters. The molecule has 0 saturated heterocycles. The van der Waals surface area contributed by atoms with Gasteiger partial charge in [0.1, 0.15) is 11.6 Å². The predicted molar refractivity (Wildman–Crippen MR) is 120 cm³/mol. The Morgan fingerprint density at radius 3 is 2.61 bits per heavy atom. The van der Waals surface area contributed by atoms with Crippen LogP contribution in [0.4, 0.5) is 10.5 Å². The van der Waals surface area contributed by atoms with E-state index in [1.54, 1.807) is 17.0 Å². The number of ether oxygens (including phenoxy) is 1. The number of nitrogens with one attached hydrogen (secondary N) is 2. The van der Waals surface area contributed by atoms with Crippen molar-refractivity contribution >= 4 is 11.7 Å². The second kappa shape index (κ2) is 9.04. The Kier molecular flexibility index (Phi) is 6.02. The fraction of sp³-hybridized carbons (Fsp3) is 0.292. The summed E-state index contributed by atoms with van der Waals surface area (Å²) in [5, 5.41) is 2.88. The van der Waals surface area contributed by atoms with Gasteiger partial charge < -0.3 is 19.9 Å². The Hall–Kier alpha value is -3.61. The molecule has 0 radical (unpaired) electrons. The van der Waals surface area contributed by atoms with Crippen molar-refractivity contribution in [2.45, 2.75) is 33.2 Å². The van der Waals surface area contributed by atoms with Crippen LogP contribution in [0.25, 0.3) is 0 Å². The van der Waals surface area contributed by atoms with Crippen molar-refractivity contribution in [1.29, 1.82) is 0 Å². The van der Waals surface area contributed by atoms with Gasteiger partial charge in [0.2, 0.25) is 0 Å². The molecule has 2 heterocycles. The fourth-order valence-electron chi connectivity index (χ4n) is 3.64. The van der Waals surface area contributed by atoms with Crippen LogP contribution in [0.5, 0.6) is 5.75 Å². The maximum atomic E-state index is 12.7. The first-order chi connectivity index (χ1) is 15.0. The maximum Gasteiger partial charge on any atom is 0.322 e. The lowest BCUT2D eigenvalue weighted by molar-refractivity contribution is 0.205. The van der Waals surface area contributed by atoms with E-state index in [-0.39, 0.29) is 18.1 Å². The Morgan fingerprint density at radius 1 is 1.16 bits per heavy atom. The van der Waals surface area contributed by atoms with Crippen LogP contribution in [-0.2, 0) is 19.4 Å². The molecule has 31 heavy (non-hydrogen) atoms. The number of H-pyrrole nitrogens is 1. The highest BCUT2D eigenvalue weighted by Gasteiger charge is 2.24. The fourth-order valence-corrected chi connectivity index (χ4v) is 3.64. The molecule has 7 nitrogen and oxygen atoms in total. The van der Waals surface area contributed by atoms with Crippen LogP contribution in [-0.4, -0.2) is 34.1 Å². The molecule has 0 bridgehead atoms. The zero-order valence-corrected chi connectivity index (χ0v) is 17.8. The molecule has 1 aliphatic heterocycles. The third-order valence-electron chi connectivity index (χ3n) is 5.31. The maximum absolute atomic E-state index is 12.7. The smallest absolute Gasteiger partial charge is 0.322 e. The number of nitrogens with zero attached hydrogens (tertiary/aromatic N) is 2. The lowest BCUT2D eigenvalue weighted by Gasteiger charge is -2.28. The zero-order chi connectivity index (χ0) is 21.8. The molecule has 2 N–H and O–H groups in total. The molecule has 1 aliphatic rings. The second-order valence-electron chi connectivity index (χ2n) is 7.66. The van der Waals surface area contributed by atoms with Gasteiger partial charge in [-0.1, -0.05) is 29.8 Å². The van der Waals surface area contributed by atoms with Crippen LogP contribution in [0.3, 0.4) is 0 Å². The highest BCUT2D eigenvalue weighted by Crippen LogP contribution is 2.19. The normalized spacial score (nSPS) is 12.9. The third kappa shape index (κ3) is 4.94. The first-order valence-electron chi connectivity index (χ1n) is 10.5. The Bertz CT molecular complexity index is 1120. The number of hydrogen-bond acceptors (Lipinski definition) is 4. The molecule has 4 rings (SSSR count). The van der Waals surface area contributed by atoms with Gasteiger partial charge in [0.25, 0.3) is 5.56 Å². The molecule has 160 valence electrons. The summed E-state index contributed by atoms with van der Waals surface area (Å²) < 4.78 is 5.42. The van der Waals surface area contributed by atoms with Crippen molar-refractivity contribution in [2.24, 2.45) is 0 Å². The van der Waals surface area contributed by atoms with Crippen molar-refractivity contribution in [3.63, 3.8) is 0 Å². The molecule has 0 saturated carbocycles. The SMILES string of the molecule is CCOc1ccc(NC(=O)N2CCc3nc(Cc4ccc(C)cc4)[nH]c(=O)c3C2)cc1. The van der Waals surface area contributed by atoms with Crippen molar-refractivity contribution in [3.8, 4) is 5.75 Å². The number of urea groups is 1. The minimum atomic E-state index is -0.238. The summed E-state index contributed by atoms with van der Waals surface area (Å²) in [6.07, 6.45) is 1.13. The molecule has 2 amide bonds. The lowest BCUT2D eigenvalue weighted by Crippen LogP contribution is -2.42. The average Bonchev–Trinajstić information content (AvgIpc) is 2.77. The average molecular weight is 418 g/mol. The van der Waals surface area contributed by atoms with E-state index in [0.29, 0.717) is 43.1 Å². The molecule has 2 aromatic carbocycles. The largest absolute Gasteiger partial charge is 0.494 e. The van der Waals surface area contributed by atoms with Crippen molar-refractivity contribution in [3.05, 3.63) is 87.1 Å². The number of aryl methyl sites for hydroxylation is 1. The summed E-state index contributed by atoms with van der Waals surface area (Å²) in [7, 11) is 0. The zero-order valence-electron chi connectivity index (χ0n) is 17.8. The van der Waals surface area contributed by atoms with Gasteiger partial charge in [-0.25, -0.2) is 9.78 Å². The number of aromatic nitrogens is 2. The Morgan fingerprint density at radius 2 is 1.90 bits per heavy atom. The number of amides is 2. The minimum absolute atomic E-state index is 0.175. The number of carbonyl (C=O) groups excluding carboxylic acids is 1. The summed E-state index contributed by atoms with van der Waals surface area (Å²) in [6, 6.07) is 15.2. The van der Waals surface area contributed by atoms with Gasteiger partial charge in [-0.2, -0.15) is 0 Å². The van der Waals surface area contributed by atoms with Crippen LogP contribution in [0, 0.1) is 6.92 Å². The van der Waals surface area contributed by atoms with Gasteiger partial charge in [-0.15, -0.1) is 0 Å². The van der Waals surface area contributed by atoms with E-state index in [2.05, 4.69) is 15.3 Å². The van der Waals surface area contributed by atoms with Gasteiger partial charge in [0.05, 0.1) is 24.4 Å². The summed E-state index contributed by atoms with van der Waals surface area (Å²) in [5.74, 6) is 1.41. The van der Waals surface area contributed by atoms with E-state index < -0.39 is 0 Å². The number of benzene rings is 2. The summed E-state index contributed by atoms with van der Waals surface area (Å²) >= 11 is 0. The van der Waals surface area contributed by atoms with Crippen LogP contribution >= 0.6 is 0 Å². The van der Waals surface area contributed by atoms with Gasteiger partial charge in [-0.3, -0.25) is 4.79 Å². The number of aromatic amines is 1. The van der Waals surface area contributed by atoms with E-state index in [4.69, 9.17) is 4.74 Å². The molecule has 0 atom stereocenters. The van der Waals surface area contributed by atoms with Crippen LogP contribution in [0.15, 0.2) is 53.3 Å². The first kappa shape index (κ1) is 20.7. The molecule has 0 aliphatic carbocycles. The van der Waals surface area contributed by atoms with Gasteiger partial charge in [0.15, 0.2) is 0 Å². The van der Waals surface area contributed by atoms with Crippen LogP contribution in [0.1, 0.15) is 35.1 Å². The molecule has 3 aromatic rings. The first-order valence-corrected chi connectivity index (χ1v) is 10.5. The number of anilines is 1.